The molecule has 21 heavy (non-hydrogen) atoms. The zero-order chi connectivity index (χ0) is 14.7. The van der Waals surface area contributed by atoms with Crippen LogP contribution in [0.2, 0.25) is 0 Å². The van der Waals surface area contributed by atoms with Crippen LogP contribution in [0.15, 0.2) is 24.3 Å². The van der Waals surface area contributed by atoms with E-state index in [9.17, 15) is 4.79 Å². The van der Waals surface area contributed by atoms with Gasteiger partial charge in [-0.25, -0.2) is 4.79 Å². The van der Waals surface area contributed by atoms with Crippen molar-refractivity contribution in [3.8, 4) is 0 Å². The Bertz CT molecular complexity index is 509. The first-order valence-electron chi connectivity index (χ1n) is 8.00. The molecule has 1 aromatic rings. The third-order valence-electron chi connectivity index (χ3n) is 4.71. The van der Waals surface area contributed by atoms with Gasteiger partial charge in [-0.05, 0) is 43.9 Å². The van der Waals surface area contributed by atoms with Gasteiger partial charge in [0.15, 0.2) is 0 Å². The van der Waals surface area contributed by atoms with Gasteiger partial charge in [0.1, 0.15) is 5.54 Å². The zero-order valence-corrected chi connectivity index (χ0v) is 12.7. The second kappa shape index (κ2) is 6.16. The summed E-state index contributed by atoms with van der Waals surface area (Å²) < 4.78 is 5.48. The lowest BCUT2D eigenvalue weighted by molar-refractivity contribution is -0.159. The Morgan fingerprint density at radius 2 is 2.19 bits per heavy atom. The Kier molecular flexibility index (Phi) is 4.27. The normalized spacial score (nSPS) is 26.1. The lowest BCUT2D eigenvalue weighted by Crippen LogP contribution is -2.52. The molecule has 114 valence electrons. The average molecular weight is 288 g/mol. The van der Waals surface area contributed by atoms with E-state index in [1.807, 2.05) is 13.0 Å². The molecule has 0 spiro atoms. The van der Waals surface area contributed by atoms with Crippen molar-refractivity contribution >= 4 is 5.97 Å². The van der Waals surface area contributed by atoms with Gasteiger partial charge in [0, 0.05) is 19.6 Å². The molecule has 1 aliphatic carbocycles. The summed E-state index contributed by atoms with van der Waals surface area (Å²) in [5, 5.41) is 3.42. The monoisotopic (exact) mass is 288 g/mol. The maximum absolute atomic E-state index is 12.9. The van der Waals surface area contributed by atoms with E-state index >= 15 is 0 Å². The average Bonchev–Trinajstić information content (AvgIpc) is 2.69. The minimum atomic E-state index is -0.571. The Morgan fingerprint density at radius 1 is 1.33 bits per heavy atom. The highest BCUT2D eigenvalue weighted by Gasteiger charge is 2.50. The summed E-state index contributed by atoms with van der Waals surface area (Å²) in [5.41, 5.74) is 1.88. The number of hydrogen-bond acceptors (Lipinski definition) is 4. The number of fused-ring (bicyclic) bond motifs is 1. The molecule has 0 aromatic heterocycles. The van der Waals surface area contributed by atoms with Crippen LogP contribution in [0.5, 0.6) is 0 Å². The summed E-state index contributed by atoms with van der Waals surface area (Å²) >= 11 is 0. The van der Waals surface area contributed by atoms with Crippen molar-refractivity contribution in [2.45, 2.75) is 31.7 Å². The van der Waals surface area contributed by atoms with Crippen molar-refractivity contribution < 1.29 is 9.53 Å². The van der Waals surface area contributed by atoms with Gasteiger partial charge in [-0.2, -0.15) is 0 Å². The topological polar surface area (TPSA) is 41.6 Å². The maximum atomic E-state index is 12.9. The second-order valence-electron chi connectivity index (χ2n) is 5.83. The summed E-state index contributed by atoms with van der Waals surface area (Å²) in [6.45, 7) is 6.12. The smallest absolute Gasteiger partial charge is 0.331 e. The van der Waals surface area contributed by atoms with Crippen LogP contribution in [0.4, 0.5) is 0 Å². The number of benzene rings is 1. The van der Waals surface area contributed by atoms with Crippen molar-refractivity contribution in [2.75, 3.05) is 32.8 Å². The van der Waals surface area contributed by atoms with Crippen LogP contribution in [-0.2, 0) is 21.5 Å². The summed E-state index contributed by atoms with van der Waals surface area (Å²) in [5.74, 6) is -0.0724. The van der Waals surface area contributed by atoms with Gasteiger partial charge in [-0.3, -0.25) is 4.90 Å². The molecular weight excluding hydrogens is 264 g/mol. The predicted octanol–water partition coefficient (Wildman–Crippen LogP) is 1.69. The highest BCUT2D eigenvalue weighted by atomic mass is 16.5. The number of hydrogen-bond donors (Lipinski definition) is 1. The molecule has 0 saturated carbocycles. The third-order valence-corrected chi connectivity index (χ3v) is 4.71. The molecule has 1 aromatic carbocycles. The lowest BCUT2D eigenvalue weighted by atomic mass is 9.89. The van der Waals surface area contributed by atoms with Crippen molar-refractivity contribution in [3.05, 3.63) is 35.4 Å². The molecule has 1 atom stereocenters. The summed E-state index contributed by atoms with van der Waals surface area (Å²) in [7, 11) is 0. The molecule has 4 heteroatoms. The number of nitrogens with zero attached hydrogens (tertiary/aromatic N) is 1. The Balaban J connectivity index is 2.02. The fraction of sp³-hybridized carbons (Fsp3) is 0.588. The minimum Gasteiger partial charge on any atom is -0.464 e. The molecule has 0 bridgehead atoms. The molecule has 4 nitrogen and oxygen atoms in total. The van der Waals surface area contributed by atoms with Gasteiger partial charge in [-0.15, -0.1) is 0 Å². The molecule has 1 N–H and O–H groups in total. The quantitative estimate of drug-likeness (QED) is 0.859. The van der Waals surface area contributed by atoms with E-state index in [-0.39, 0.29) is 5.97 Å². The van der Waals surface area contributed by atoms with Crippen LogP contribution in [0, 0.1) is 0 Å². The Hall–Kier alpha value is -1.39. The largest absolute Gasteiger partial charge is 0.464 e. The second-order valence-corrected chi connectivity index (χ2v) is 5.83. The number of aryl methyl sites for hydroxylation is 1. The molecule has 1 heterocycles. The van der Waals surface area contributed by atoms with Gasteiger partial charge in [0.2, 0.25) is 0 Å². The molecule has 1 saturated heterocycles. The van der Waals surface area contributed by atoms with E-state index in [1.54, 1.807) is 0 Å². The van der Waals surface area contributed by atoms with Gasteiger partial charge < -0.3 is 10.1 Å². The Labute approximate surface area is 126 Å². The maximum Gasteiger partial charge on any atom is 0.331 e. The molecule has 1 fully saturated rings. The van der Waals surface area contributed by atoms with E-state index in [0.29, 0.717) is 6.61 Å². The number of rotatable bonds is 3. The molecule has 0 radical (unpaired) electrons. The molecule has 0 amide bonds. The van der Waals surface area contributed by atoms with Crippen molar-refractivity contribution in [1.29, 1.82) is 0 Å². The Morgan fingerprint density at radius 3 is 3.05 bits per heavy atom. The zero-order valence-electron chi connectivity index (χ0n) is 12.7. The van der Waals surface area contributed by atoms with Crippen LogP contribution >= 0.6 is 0 Å². The molecule has 1 aliphatic heterocycles. The van der Waals surface area contributed by atoms with Gasteiger partial charge in [-0.1, -0.05) is 24.3 Å². The van der Waals surface area contributed by atoms with Crippen molar-refractivity contribution in [3.63, 3.8) is 0 Å². The number of ether oxygens (including phenoxy) is 1. The summed E-state index contributed by atoms with van der Waals surface area (Å²) in [4.78, 5) is 15.2. The predicted molar refractivity (Wildman–Crippen MR) is 82.1 cm³/mol. The number of carbonyl (C=O) groups excluding carboxylic acids is 1. The van der Waals surface area contributed by atoms with E-state index < -0.39 is 5.54 Å². The van der Waals surface area contributed by atoms with Crippen molar-refractivity contribution in [1.82, 2.24) is 10.2 Å². The molecule has 1 unspecified atom stereocenters. The fourth-order valence-electron chi connectivity index (χ4n) is 3.74. The lowest BCUT2D eigenvalue weighted by Gasteiger charge is -2.39. The first-order valence-corrected chi connectivity index (χ1v) is 8.00. The van der Waals surface area contributed by atoms with E-state index in [4.69, 9.17) is 4.74 Å². The van der Waals surface area contributed by atoms with Crippen LogP contribution < -0.4 is 5.32 Å². The molecular formula is C17H24N2O2. The van der Waals surface area contributed by atoms with E-state index in [1.165, 1.54) is 5.56 Å². The van der Waals surface area contributed by atoms with Crippen LogP contribution in [-0.4, -0.2) is 43.7 Å². The van der Waals surface area contributed by atoms with Crippen LogP contribution in [0.25, 0.3) is 0 Å². The van der Waals surface area contributed by atoms with Crippen LogP contribution in [0.1, 0.15) is 30.9 Å². The molecule has 2 aliphatic rings. The fourth-order valence-corrected chi connectivity index (χ4v) is 3.74. The number of esters is 1. The SMILES string of the molecule is CCOC(=O)C1(N2CCCNCC2)CCc2ccccc21. The standard InChI is InChI=1S/C17H24N2O2/c1-2-21-16(20)17(19-12-5-10-18-11-13-19)9-8-14-6-3-4-7-15(14)17/h3-4,6-7,18H,2,5,8-13H2,1H3. The van der Waals surface area contributed by atoms with E-state index in [0.717, 1.165) is 51.0 Å². The van der Waals surface area contributed by atoms with Gasteiger partial charge in [0.25, 0.3) is 0 Å². The number of carbonyl (C=O) groups is 1. The summed E-state index contributed by atoms with van der Waals surface area (Å²) in [6.07, 6.45) is 2.87. The van der Waals surface area contributed by atoms with Gasteiger partial charge >= 0.3 is 5.97 Å². The van der Waals surface area contributed by atoms with Gasteiger partial charge in [0.05, 0.1) is 6.61 Å². The first-order chi connectivity index (χ1) is 10.3. The highest BCUT2D eigenvalue weighted by molar-refractivity contribution is 5.84. The molecule has 3 rings (SSSR count). The third kappa shape index (κ3) is 2.47. The van der Waals surface area contributed by atoms with E-state index in [2.05, 4.69) is 28.4 Å². The highest BCUT2D eigenvalue weighted by Crippen LogP contribution is 2.43. The number of nitrogens with one attached hydrogen (secondary N) is 1. The van der Waals surface area contributed by atoms with Crippen molar-refractivity contribution in [2.24, 2.45) is 0 Å². The van der Waals surface area contributed by atoms with Crippen LogP contribution in [0.3, 0.4) is 0 Å². The summed E-state index contributed by atoms with van der Waals surface area (Å²) in [6, 6.07) is 8.35. The minimum absolute atomic E-state index is 0.0724. The first kappa shape index (κ1) is 14.5.